The normalized spacial score (nSPS) is 11.2. The van der Waals surface area contributed by atoms with Crippen molar-refractivity contribution in [2.24, 2.45) is 0 Å². The number of aryl methyl sites for hydroxylation is 2. The number of hydrogen-bond acceptors (Lipinski definition) is 11. The van der Waals surface area contributed by atoms with Gasteiger partial charge in [0.05, 0.1) is 21.8 Å². The fraction of sp³-hybridized carbons (Fsp3) is 0.286. The standard InChI is InChI=1S/2C7H8N2O5S/c1-5-3-7(14-15(2,12)13)8-4-6(5)9(10)11;1-5-2-6(4-15(12,13)14)8-3-7(5)9(10)11/h3-4H,1-2H3;2-3H,4H2,1H3,(H,12,13,14). The number of rotatable bonds is 6. The Hall–Kier alpha value is -3.24. The summed E-state index contributed by atoms with van der Waals surface area (Å²) in [5.74, 6) is -0.827. The van der Waals surface area contributed by atoms with Gasteiger partial charge in [0.25, 0.3) is 21.5 Å². The van der Waals surface area contributed by atoms with Gasteiger partial charge in [-0.05, 0) is 19.9 Å². The van der Waals surface area contributed by atoms with Crippen molar-refractivity contribution in [3.63, 3.8) is 0 Å². The van der Waals surface area contributed by atoms with Crippen molar-refractivity contribution in [2.45, 2.75) is 19.6 Å². The van der Waals surface area contributed by atoms with Gasteiger partial charge in [0.2, 0.25) is 5.88 Å². The lowest BCUT2D eigenvalue weighted by molar-refractivity contribution is -0.385. The summed E-state index contributed by atoms with van der Waals surface area (Å²) in [4.78, 5) is 26.7. The highest BCUT2D eigenvalue weighted by Gasteiger charge is 2.15. The number of aromatic nitrogens is 2. The van der Waals surface area contributed by atoms with Gasteiger partial charge in [-0.15, -0.1) is 0 Å². The molecule has 0 aliphatic heterocycles. The van der Waals surface area contributed by atoms with Crippen LogP contribution in [-0.4, -0.2) is 47.5 Å². The molecule has 2 aromatic rings. The van der Waals surface area contributed by atoms with Crippen LogP contribution in [0.15, 0.2) is 24.5 Å². The van der Waals surface area contributed by atoms with Crippen molar-refractivity contribution in [1.29, 1.82) is 0 Å². The third kappa shape index (κ3) is 8.41. The lowest BCUT2D eigenvalue weighted by atomic mass is 10.2. The van der Waals surface area contributed by atoms with E-state index >= 15 is 0 Å². The van der Waals surface area contributed by atoms with Crippen LogP contribution in [0.4, 0.5) is 11.4 Å². The summed E-state index contributed by atoms with van der Waals surface area (Å²) in [7, 11) is -7.82. The first kappa shape index (κ1) is 24.8. The molecule has 2 aromatic heterocycles. The smallest absolute Gasteiger partial charge is 0.307 e. The molecule has 0 aromatic carbocycles. The van der Waals surface area contributed by atoms with Crippen LogP contribution in [0.5, 0.6) is 5.88 Å². The zero-order valence-corrected chi connectivity index (χ0v) is 17.4. The molecule has 164 valence electrons. The summed E-state index contributed by atoms with van der Waals surface area (Å²) in [6.45, 7) is 2.93. The average Bonchev–Trinajstić information content (AvgIpc) is 2.51. The van der Waals surface area contributed by atoms with Crippen LogP contribution in [0, 0.1) is 34.1 Å². The van der Waals surface area contributed by atoms with Gasteiger partial charge < -0.3 is 4.18 Å². The van der Waals surface area contributed by atoms with E-state index in [-0.39, 0.29) is 28.5 Å². The van der Waals surface area contributed by atoms with Gasteiger partial charge in [-0.3, -0.25) is 29.8 Å². The lowest BCUT2D eigenvalue weighted by Crippen LogP contribution is -2.07. The van der Waals surface area contributed by atoms with Crippen molar-refractivity contribution in [3.05, 3.63) is 61.6 Å². The van der Waals surface area contributed by atoms with E-state index in [4.69, 9.17) is 4.55 Å². The maximum absolute atomic E-state index is 10.7. The van der Waals surface area contributed by atoms with E-state index < -0.39 is 35.8 Å². The summed E-state index contributed by atoms with van der Waals surface area (Å²) in [5.41, 5.74) is 0.285. The second kappa shape index (κ2) is 9.51. The minimum atomic E-state index is -4.16. The van der Waals surface area contributed by atoms with Gasteiger partial charge in [0.15, 0.2) is 0 Å². The number of pyridine rings is 2. The van der Waals surface area contributed by atoms with Crippen molar-refractivity contribution in [1.82, 2.24) is 9.97 Å². The van der Waals surface area contributed by atoms with E-state index in [9.17, 15) is 37.1 Å². The third-order valence-electron chi connectivity index (χ3n) is 3.16. The molecular formula is C14H16N4O10S2. The Labute approximate surface area is 170 Å². The zero-order valence-electron chi connectivity index (χ0n) is 15.7. The Morgan fingerprint density at radius 3 is 1.80 bits per heavy atom. The topological polar surface area (TPSA) is 210 Å². The predicted octanol–water partition coefficient (Wildman–Crippen LogP) is 1.32. The highest BCUT2D eigenvalue weighted by Crippen LogP contribution is 2.20. The molecule has 0 unspecified atom stereocenters. The van der Waals surface area contributed by atoms with Crippen LogP contribution in [0.25, 0.3) is 0 Å². The van der Waals surface area contributed by atoms with E-state index in [1.165, 1.54) is 26.0 Å². The molecule has 0 aliphatic rings. The van der Waals surface area contributed by atoms with Crippen LogP contribution >= 0.6 is 0 Å². The van der Waals surface area contributed by atoms with Gasteiger partial charge in [-0.2, -0.15) is 16.8 Å². The summed E-state index contributed by atoms with van der Waals surface area (Å²) in [6, 6.07) is 2.45. The fourth-order valence-electron chi connectivity index (χ4n) is 1.98. The first-order valence-electron chi connectivity index (χ1n) is 7.64. The molecule has 0 fully saturated rings. The molecular weight excluding hydrogens is 448 g/mol. The average molecular weight is 464 g/mol. The summed E-state index contributed by atoms with van der Waals surface area (Å²) in [5, 5.41) is 20.8. The molecule has 14 nitrogen and oxygen atoms in total. The molecule has 0 aliphatic carbocycles. The minimum Gasteiger partial charge on any atom is -0.362 e. The second-order valence-corrected chi connectivity index (χ2v) is 8.83. The Morgan fingerprint density at radius 2 is 1.43 bits per heavy atom. The molecule has 0 amide bonds. The molecule has 0 atom stereocenters. The molecule has 2 heterocycles. The van der Waals surface area contributed by atoms with E-state index in [0.29, 0.717) is 5.56 Å². The highest BCUT2D eigenvalue weighted by atomic mass is 32.2. The molecule has 0 saturated heterocycles. The van der Waals surface area contributed by atoms with Gasteiger partial charge >= 0.3 is 10.1 Å². The Morgan fingerprint density at radius 1 is 0.967 bits per heavy atom. The zero-order chi connectivity index (χ0) is 23.3. The van der Waals surface area contributed by atoms with Crippen LogP contribution in [0.2, 0.25) is 0 Å². The van der Waals surface area contributed by atoms with Crippen LogP contribution in [-0.2, 0) is 26.0 Å². The third-order valence-corrected chi connectivity index (χ3v) is 4.29. The lowest BCUT2D eigenvalue weighted by Gasteiger charge is -2.02. The number of nitrogens with zero attached hydrogens (tertiary/aromatic N) is 4. The van der Waals surface area contributed by atoms with Crippen molar-refractivity contribution in [2.75, 3.05) is 6.26 Å². The summed E-state index contributed by atoms with van der Waals surface area (Å²) in [6.07, 6.45) is 2.79. The van der Waals surface area contributed by atoms with E-state index in [1.807, 2.05) is 0 Å². The first-order chi connectivity index (χ1) is 13.6. The molecule has 0 radical (unpaired) electrons. The summed E-state index contributed by atoms with van der Waals surface area (Å²) >= 11 is 0. The van der Waals surface area contributed by atoms with E-state index in [2.05, 4.69) is 14.2 Å². The van der Waals surface area contributed by atoms with Crippen molar-refractivity contribution >= 4 is 31.6 Å². The van der Waals surface area contributed by atoms with Crippen molar-refractivity contribution < 1.29 is 35.4 Å². The van der Waals surface area contributed by atoms with Crippen LogP contribution < -0.4 is 4.18 Å². The maximum Gasteiger partial charge on any atom is 0.307 e. The molecule has 0 spiro atoms. The van der Waals surface area contributed by atoms with E-state index in [0.717, 1.165) is 18.6 Å². The molecule has 30 heavy (non-hydrogen) atoms. The number of hydrogen-bond donors (Lipinski definition) is 1. The molecule has 0 saturated carbocycles. The van der Waals surface area contributed by atoms with Gasteiger partial charge in [-0.25, -0.2) is 4.98 Å². The quantitative estimate of drug-likeness (QED) is 0.277. The van der Waals surface area contributed by atoms with Gasteiger partial charge in [0.1, 0.15) is 18.1 Å². The Kier molecular flexibility index (Phi) is 7.86. The largest absolute Gasteiger partial charge is 0.362 e. The monoisotopic (exact) mass is 464 g/mol. The predicted molar refractivity (Wildman–Crippen MR) is 102 cm³/mol. The molecule has 16 heteroatoms. The Bertz CT molecular complexity index is 1090. The Balaban J connectivity index is 0.000000300. The fourth-order valence-corrected chi connectivity index (χ4v) is 2.91. The molecule has 2 rings (SSSR count). The van der Waals surface area contributed by atoms with Gasteiger partial charge in [0, 0.05) is 17.2 Å². The van der Waals surface area contributed by atoms with Crippen LogP contribution in [0.1, 0.15) is 16.8 Å². The molecule has 0 bridgehead atoms. The van der Waals surface area contributed by atoms with Crippen LogP contribution in [0.3, 0.4) is 0 Å². The SMILES string of the molecule is Cc1cc(CS(=O)(=O)O)ncc1[N+](=O)[O-].Cc1cc(OS(C)(=O)=O)ncc1[N+](=O)[O-]. The first-order valence-corrected chi connectivity index (χ1v) is 11.1. The molecule has 1 N–H and O–H groups in total. The number of nitro groups is 2. The van der Waals surface area contributed by atoms with E-state index in [1.54, 1.807) is 0 Å². The van der Waals surface area contributed by atoms with Gasteiger partial charge in [-0.1, -0.05) is 0 Å². The highest BCUT2D eigenvalue weighted by molar-refractivity contribution is 7.86. The maximum atomic E-state index is 10.7. The minimum absolute atomic E-state index is 0.0700. The second-order valence-electron chi connectivity index (χ2n) is 5.80. The van der Waals surface area contributed by atoms with Crippen molar-refractivity contribution in [3.8, 4) is 5.88 Å². The summed E-state index contributed by atoms with van der Waals surface area (Å²) < 4.78 is 55.5.